The van der Waals surface area contributed by atoms with Gasteiger partial charge >= 0.3 is 12.2 Å². The van der Waals surface area contributed by atoms with E-state index in [1.165, 1.54) is 0 Å². The Morgan fingerprint density at radius 1 is 1.36 bits per heavy atom. The molecule has 0 aliphatic carbocycles. The van der Waals surface area contributed by atoms with Crippen molar-refractivity contribution >= 4 is 6.03 Å². The highest BCUT2D eigenvalue weighted by molar-refractivity contribution is 5.75. The Morgan fingerprint density at radius 3 is 2.64 bits per heavy atom. The highest BCUT2D eigenvalue weighted by atomic mass is 19.4. The molecule has 1 heterocycles. The maximum atomic E-state index is 12.1. The number of rotatable bonds is 5. The average molecular weight is 316 g/mol. The first kappa shape index (κ1) is 16.6. The zero-order valence-corrected chi connectivity index (χ0v) is 12.3. The van der Waals surface area contributed by atoms with Crippen molar-refractivity contribution in [3.63, 3.8) is 0 Å². The van der Waals surface area contributed by atoms with Gasteiger partial charge in [-0.2, -0.15) is 13.2 Å². The highest BCUT2D eigenvalue weighted by Crippen LogP contribution is 2.38. The molecule has 1 aromatic carbocycles. The van der Waals surface area contributed by atoms with Gasteiger partial charge in [0.05, 0.1) is 12.6 Å². The molecular formula is C15H19F3N2O2. The molecule has 1 saturated heterocycles. The Bertz CT molecular complexity index is 493. The summed E-state index contributed by atoms with van der Waals surface area (Å²) in [7, 11) is 0. The van der Waals surface area contributed by atoms with Crippen LogP contribution >= 0.6 is 0 Å². The predicted molar refractivity (Wildman–Crippen MR) is 75.3 cm³/mol. The van der Waals surface area contributed by atoms with Gasteiger partial charge in [0.1, 0.15) is 6.61 Å². The van der Waals surface area contributed by atoms with Gasteiger partial charge in [0, 0.05) is 13.1 Å². The number of amides is 2. The first-order valence-corrected chi connectivity index (χ1v) is 7.12. The Labute approximate surface area is 127 Å². The summed E-state index contributed by atoms with van der Waals surface area (Å²) in [6, 6.07) is 9.41. The topological polar surface area (TPSA) is 41.6 Å². The van der Waals surface area contributed by atoms with Gasteiger partial charge in [0.25, 0.3) is 0 Å². The maximum absolute atomic E-state index is 12.1. The number of carbonyl (C=O) groups is 1. The number of halogens is 3. The molecule has 1 N–H and O–H groups in total. The van der Waals surface area contributed by atoms with Crippen molar-refractivity contribution < 1.29 is 22.7 Å². The standard InChI is InChI=1S/C15H19F3N2O2/c1-11-9-20(13(11)12-5-3-2-4-6-12)14(21)19-7-8-22-10-15(16,17)18/h2-6,11,13H,7-10H2,1H3,(H,19,21). The van der Waals surface area contributed by atoms with E-state index < -0.39 is 12.8 Å². The van der Waals surface area contributed by atoms with Gasteiger partial charge in [-0.05, 0) is 11.5 Å². The third kappa shape index (κ3) is 4.37. The van der Waals surface area contributed by atoms with Crippen LogP contribution in [0.15, 0.2) is 30.3 Å². The fourth-order valence-electron chi connectivity index (χ4n) is 2.58. The summed E-state index contributed by atoms with van der Waals surface area (Å²) in [6.45, 7) is 1.30. The number of hydrogen-bond acceptors (Lipinski definition) is 2. The van der Waals surface area contributed by atoms with Crippen molar-refractivity contribution in [2.24, 2.45) is 5.92 Å². The molecule has 0 saturated carbocycles. The van der Waals surface area contributed by atoms with Crippen molar-refractivity contribution in [1.82, 2.24) is 10.2 Å². The fraction of sp³-hybridized carbons (Fsp3) is 0.533. The second-order valence-electron chi connectivity index (χ2n) is 5.38. The Kier molecular flexibility index (Phi) is 5.28. The molecule has 2 atom stereocenters. The van der Waals surface area contributed by atoms with Crippen molar-refractivity contribution in [2.75, 3.05) is 26.3 Å². The summed E-state index contributed by atoms with van der Waals surface area (Å²) in [5.41, 5.74) is 1.06. The van der Waals surface area contributed by atoms with Crippen LogP contribution in [0.3, 0.4) is 0 Å². The van der Waals surface area contributed by atoms with Gasteiger partial charge < -0.3 is 15.0 Å². The van der Waals surface area contributed by atoms with Crippen molar-refractivity contribution in [2.45, 2.75) is 19.1 Å². The van der Waals surface area contributed by atoms with E-state index in [-0.39, 0.29) is 25.2 Å². The molecule has 22 heavy (non-hydrogen) atoms. The molecule has 2 rings (SSSR count). The largest absolute Gasteiger partial charge is 0.411 e. The van der Waals surface area contributed by atoms with E-state index in [4.69, 9.17) is 0 Å². The number of carbonyl (C=O) groups excluding carboxylic acids is 1. The summed E-state index contributed by atoms with van der Waals surface area (Å²) in [4.78, 5) is 13.7. The molecule has 0 bridgehead atoms. The number of alkyl halides is 3. The Hall–Kier alpha value is -1.76. The van der Waals surface area contributed by atoms with Crippen molar-refractivity contribution in [1.29, 1.82) is 0 Å². The van der Waals surface area contributed by atoms with Crippen LogP contribution in [-0.4, -0.2) is 43.4 Å². The second kappa shape index (κ2) is 7.00. The van der Waals surface area contributed by atoms with Crippen LogP contribution in [0.2, 0.25) is 0 Å². The van der Waals surface area contributed by atoms with Crippen LogP contribution in [0.5, 0.6) is 0 Å². The minimum atomic E-state index is -4.34. The molecule has 1 aromatic rings. The number of benzene rings is 1. The molecule has 0 spiro atoms. The summed E-state index contributed by atoms with van der Waals surface area (Å²) >= 11 is 0. The van der Waals surface area contributed by atoms with E-state index in [1.54, 1.807) is 4.90 Å². The van der Waals surface area contributed by atoms with E-state index in [2.05, 4.69) is 17.0 Å². The zero-order chi connectivity index (χ0) is 16.2. The van der Waals surface area contributed by atoms with Crippen LogP contribution in [0.4, 0.5) is 18.0 Å². The number of ether oxygens (including phenoxy) is 1. The van der Waals surface area contributed by atoms with E-state index in [0.29, 0.717) is 12.5 Å². The van der Waals surface area contributed by atoms with E-state index in [9.17, 15) is 18.0 Å². The molecule has 1 fully saturated rings. The van der Waals surface area contributed by atoms with Crippen LogP contribution in [0, 0.1) is 5.92 Å². The maximum Gasteiger partial charge on any atom is 0.411 e. The quantitative estimate of drug-likeness (QED) is 0.849. The smallest absolute Gasteiger partial charge is 0.370 e. The van der Waals surface area contributed by atoms with Gasteiger partial charge in [-0.3, -0.25) is 0 Å². The average Bonchev–Trinajstić information content (AvgIpc) is 2.44. The monoisotopic (exact) mass is 316 g/mol. The molecule has 0 aromatic heterocycles. The lowest BCUT2D eigenvalue weighted by Gasteiger charge is -2.46. The predicted octanol–water partition coefficient (Wildman–Crippen LogP) is 2.97. The normalized spacial score (nSPS) is 21.4. The van der Waals surface area contributed by atoms with Gasteiger partial charge in [0.2, 0.25) is 0 Å². The summed E-state index contributed by atoms with van der Waals surface area (Å²) in [5.74, 6) is 0.356. The second-order valence-corrected chi connectivity index (χ2v) is 5.38. The van der Waals surface area contributed by atoms with Gasteiger partial charge in [-0.15, -0.1) is 0 Å². The number of urea groups is 1. The zero-order valence-electron chi connectivity index (χ0n) is 12.3. The van der Waals surface area contributed by atoms with Crippen LogP contribution in [-0.2, 0) is 4.74 Å². The molecule has 1 aliphatic heterocycles. The van der Waals surface area contributed by atoms with Crippen LogP contribution in [0.25, 0.3) is 0 Å². The number of nitrogens with one attached hydrogen (secondary N) is 1. The summed E-state index contributed by atoms with van der Waals surface area (Å²) in [6.07, 6.45) is -4.34. The molecular weight excluding hydrogens is 297 g/mol. The van der Waals surface area contributed by atoms with E-state index in [1.807, 2.05) is 30.3 Å². The van der Waals surface area contributed by atoms with Gasteiger partial charge in [0.15, 0.2) is 0 Å². The van der Waals surface area contributed by atoms with Gasteiger partial charge in [-0.25, -0.2) is 4.79 Å². The molecule has 2 unspecified atom stereocenters. The molecule has 7 heteroatoms. The molecule has 0 radical (unpaired) electrons. The summed E-state index contributed by atoms with van der Waals surface area (Å²) in [5, 5.41) is 2.59. The highest BCUT2D eigenvalue weighted by Gasteiger charge is 2.39. The molecule has 2 amide bonds. The third-order valence-corrected chi connectivity index (χ3v) is 3.55. The van der Waals surface area contributed by atoms with Crippen molar-refractivity contribution in [3.8, 4) is 0 Å². The minimum Gasteiger partial charge on any atom is -0.370 e. The number of hydrogen-bond donors (Lipinski definition) is 1. The minimum absolute atomic E-state index is 0.0114. The van der Waals surface area contributed by atoms with Crippen molar-refractivity contribution in [3.05, 3.63) is 35.9 Å². The lowest BCUT2D eigenvalue weighted by atomic mass is 9.85. The number of nitrogens with zero attached hydrogens (tertiary/aromatic N) is 1. The van der Waals surface area contributed by atoms with Gasteiger partial charge in [-0.1, -0.05) is 37.3 Å². The SMILES string of the molecule is CC1CN(C(=O)NCCOCC(F)(F)F)C1c1ccccc1. The first-order chi connectivity index (χ1) is 10.4. The van der Waals surface area contributed by atoms with E-state index in [0.717, 1.165) is 5.56 Å². The molecule has 4 nitrogen and oxygen atoms in total. The Balaban J connectivity index is 1.76. The number of likely N-dealkylation sites (tertiary alicyclic amines) is 1. The van der Waals surface area contributed by atoms with E-state index >= 15 is 0 Å². The fourth-order valence-corrected chi connectivity index (χ4v) is 2.58. The Morgan fingerprint density at radius 2 is 2.05 bits per heavy atom. The first-order valence-electron chi connectivity index (χ1n) is 7.12. The summed E-state index contributed by atoms with van der Waals surface area (Å²) < 4.78 is 40.1. The third-order valence-electron chi connectivity index (χ3n) is 3.55. The lowest BCUT2D eigenvalue weighted by molar-refractivity contribution is -0.173. The van der Waals surface area contributed by atoms with Crippen LogP contribution < -0.4 is 5.32 Å². The lowest BCUT2D eigenvalue weighted by Crippen LogP contribution is -2.55. The molecule has 1 aliphatic rings. The molecule has 122 valence electrons. The van der Waals surface area contributed by atoms with Crippen LogP contribution in [0.1, 0.15) is 18.5 Å².